The van der Waals surface area contributed by atoms with E-state index in [9.17, 15) is 18.0 Å². The molecule has 0 spiro atoms. The second-order valence-corrected chi connectivity index (χ2v) is 8.45. The van der Waals surface area contributed by atoms with Crippen molar-refractivity contribution in [3.8, 4) is 0 Å². The fourth-order valence-corrected chi connectivity index (χ4v) is 4.94. The number of carbonyl (C=O) groups is 1. The standard InChI is InChI=1S/C24H27F3N2O2/c1-2-31-23(30)20-14-28-22(19-13-15-5-3-6-16(10-9-15)21(19)20)29-18-8-4-7-17(11-12-18)24(25,26)27/h4,7-8,12,14-16H,2-3,5-6,9-11,13H2,1H3,(H,28,29). The van der Waals surface area contributed by atoms with Gasteiger partial charge in [-0.2, -0.15) is 13.2 Å². The normalized spacial score (nSPS) is 23.1. The van der Waals surface area contributed by atoms with Gasteiger partial charge in [0.25, 0.3) is 0 Å². The quantitative estimate of drug-likeness (QED) is 0.574. The van der Waals surface area contributed by atoms with Crippen LogP contribution in [0.4, 0.5) is 19.0 Å². The zero-order chi connectivity index (χ0) is 22.0. The van der Waals surface area contributed by atoms with Crippen LogP contribution >= 0.6 is 0 Å². The fraction of sp³-hybridized carbons (Fsp3) is 0.500. The summed E-state index contributed by atoms with van der Waals surface area (Å²) in [6, 6.07) is 0. The van der Waals surface area contributed by atoms with Gasteiger partial charge >= 0.3 is 12.1 Å². The Bertz CT molecular complexity index is 947. The second-order valence-electron chi connectivity index (χ2n) is 8.45. The Morgan fingerprint density at radius 1 is 1.26 bits per heavy atom. The average Bonchev–Trinajstić information content (AvgIpc) is 3.15. The number of fused-ring (bicyclic) bond motifs is 5. The van der Waals surface area contributed by atoms with E-state index in [1.54, 1.807) is 19.2 Å². The molecule has 3 aliphatic carbocycles. The van der Waals surface area contributed by atoms with Gasteiger partial charge < -0.3 is 10.1 Å². The van der Waals surface area contributed by atoms with E-state index < -0.39 is 11.7 Å². The molecule has 31 heavy (non-hydrogen) atoms. The van der Waals surface area contributed by atoms with Crippen molar-refractivity contribution in [3.05, 3.63) is 58.5 Å². The molecule has 166 valence electrons. The van der Waals surface area contributed by atoms with E-state index in [1.807, 2.05) is 0 Å². The Hall–Kier alpha value is -2.57. The van der Waals surface area contributed by atoms with E-state index in [1.165, 1.54) is 12.2 Å². The SMILES string of the molecule is CCOC(=O)c1cnc(NC2=CCC(C(F)(F)F)=CC=C2)c2c1C1CCCC(CC1)C2. The monoisotopic (exact) mass is 432 g/mol. The van der Waals surface area contributed by atoms with Gasteiger partial charge in [0.2, 0.25) is 0 Å². The number of pyridine rings is 1. The van der Waals surface area contributed by atoms with Crippen molar-refractivity contribution in [1.82, 2.24) is 4.98 Å². The van der Waals surface area contributed by atoms with Crippen LogP contribution in [-0.4, -0.2) is 23.7 Å². The molecule has 0 amide bonds. The first-order valence-corrected chi connectivity index (χ1v) is 11.0. The molecule has 4 nitrogen and oxygen atoms in total. The van der Waals surface area contributed by atoms with E-state index in [-0.39, 0.29) is 18.3 Å². The summed E-state index contributed by atoms with van der Waals surface area (Å²) in [5, 5.41) is 3.25. The zero-order valence-corrected chi connectivity index (χ0v) is 17.6. The van der Waals surface area contributed by atoms with Gasteiger partial charge in [0.1, 0.15) is 5.82 Å². The summed E-state index contributed by atoms with van der Waals surface area (Å²) in [7, 11) is 0. The number of nitrogens with zero attached hydrogens (tertiary/aromatic N) is 1. The Morgan fingerprint density at radius 2 is 2.10 bits per heavy atom. The van der Waals surface area contributed by atoms with E-state index in [4.69, 9.17) is 4.74 Å². The van der Waals surface area contributed by atoms with Crippen molar-refractivity contribution in [1.29, 1.82) is 0 Å². The van der Waals surface area contributed by atoms with Gasteiger partial charge in [0.05, 0.1) is 12.2 Å². The predicted octanol–water partition coefficient (Wildman–Crippen LogP) is 6.22. The highest BCUT2D eigenvalue weighted by Crippen LogP contribution is 2.45. The highest BCUT2D eigenvalue weighted by Gasteiger charge is 2.34. The van der Waals surface area contributed by atoms with Crippen LogP contribution in [0.5, 0.6) is 0 Å². The number of nitrogens with one attached hydrogen (secondary N) is 1. The summed E-state index contributed by atoms with van der Waals surface area (Å²) in [6.07, 6.45) is 8.99. The number of aromatic nitrogens is 1. The third kappa shape index (κ3) is 4.70. The molecule has 0 aromatic carbocycles. The molecule has 1 aromatic heterocycles. The lowest BCUT2D eigenvalue weighted by atomic mass is 9.84. The lowest BCUT2D eigenvalue weighted by Crippen LogP contribution is -2.17. The molecule has 7 heteroatoms. The molecule has 3 aliphatic rings. The number of alkyl halides is 3. The minimum absolute atomic E-state index is 0.201. The molecule has 2 unspecified atom stereocenters. The Kier molecular flexibility index (Phi) is 6.21. The van der Waals surface area contributed by atoms with Crippen molar-refractivity contribution in [2.24, 2.45) is 5.92 Å². The van der Waals surface area contributed by atoms with Crippen molar-refractivity contribution in [2.45, 2.75) is 64.0 Å². The van der Waals surface area contributed by atoms with Gasteiger partial charge in [-0.3, -0.25) is 0 Å². The molecule has 1 heterocycles. The largest absolute Gasteiger partial charge is 0.462 e. The van der Waals surface area contributed by atoms with Crippen molar-refractivity contribution >= 4 is 11.8 Å². The van der Waals surface area contributed by atoms with Crippen molar-refractivity contribution in [3.63, 3.8) is 0 Å². The molecule has 1 saturated carbocycles. The predicted molar refractivity (Wildman–Crippen MR) is 113 cm³/mol. The molecular formula is C24H27F3N2O2. The van der Waals surface area contributed by atoms with Gasteiger partial charge in [-0.15, -0.1) is 0 Å². The molecule has 1 aromatic rings. The molecule has 2 bridgehead atoms. The first-order valence-electron chi connectivity index (χ1n) is 11.0. The van der Waals surface area contributed by atoms with Crippen LogP contribution in [0.2, 0.25) is 0 Å². The van der Waals surface area contributed by atoms with Gasteiger partial charge in [-0.25, -0.2) is 9.78 Å². The summed E-state index contributed by atoms with van der Waals surface area (Å²) >= 11 is 0. The van der Waals surface area contributed by atoms with E-state index in [2.05, 4.69) is 10.3 Å². The van der Waals surface area contributed by atoms with Crippen LogP contribution in [0.1, 0.15) is 72.9 Å². The molecular weight excluding hydrogens is 405 g/mol. The number of esters is 1. The maximum absolute atomic E-state index is 13.1. The van der Waals surface area contributed by atoms with Crippen molar-refractivity contribution < 1.29 is 22.7 Å². The first kappa shape index (κ1) is 21.7. The third-order valence-corrected chi connectivity index (χ3v) is 6.45. The lowest BCUT2D eigenvalue weighted by molar-refractivity contribution is -0.0928. The van der Waals surface area contributed by atoms with Crippen LogP contribution in [-0.2, 0) is 11.2 Å². The van der Waals surface area contributed by atoms with Crippen LogP contribution < -0.4 is 5.32 Å². The zero-order valence-electron chi connectivity index (χ0n) is 17.6. The number of halogens is 3. The third-order valence-electron chi connectivity index (χ3n) is 6.45. The number of hydrogen-bond acceptors (Lipinski definition) is 4. The van der Waals surface area contributed by atoms with Gasteiger partial charge in [-0.05, 0) is 68.1 Å². The summed E-state index contributed by atoms with van der Waals surface area (Å²) in [4.78, 5) is 17.2. The van der Waals surface area contributed by atoms with Gasteiger partial charge in [-0.1, -0.05) is 31.1 Å². The molecule has 0 saturated heterocycles. The smallest absolute Gasteiger partial charge is 0.412 e. The van der Waals surface area contributed by atoms with Crippen molar-refractivity contribution in [2.75, 3.05) is 11.9 Å². The number of ether oxygens (including phenoxy) is 1. The summed E-state index contributed by atoms with van der Waals surface area (Å²) < 4.78 is 44.4. The fourth-order valence-electron chi connectivity index (χ4n) is 4.94. The summed E-state index contributed by atoms with van der Waals surface area (Å²) in [6.45, 7) is 2.08. The average molecular weight is 432 g/mol. The Labute approximate surface area is 180 Å². The highest BCUT2D eigenvalue weighted by molar-refractivity contribution is 5.92. The molecule has 0 aliphatic heterocycles. The summed E-state index contributed by atoms with van der Waals surface area (Å²) in [5.41, 5.74) is 2.55. The van der Waals surface area contributed by atoms with E-state index in [0.29, 0.717) is 29.6 Å². The maximum atomic E-state index is 13.1. The van der Waals surface area contributed by atoms with Crippen LogP contribution in [0.3, 0.4) is 0 Å². The topological polar surface area (TPSA) is 51.2 Å². The molecule has 2 atom stereocenters. The molecule has 4 rings (SSSR count). The Balaban J connectivity index is 1.70. The molecule has 1 N–H and O–H groups in total. The van der Waals surface area contributed by atoms with Crippen LogP contribution in [0, 0.1) is 5.92 Å². The maximum Gasteiger partial charge on any atom is 0.412 e. The second kappa shape index (κ2) is 8.89. The lowest BCUT2D eigenvalue weighted by Gasteiger charge is -2.24. The number of rotatable bonds is 4. The molecule has 1 fully saturated rings. The summed E-state index contributed by atoms with van der Waals surface area (Å²) in [5.74, 6) is 1.09. The van der Waals surface area contributed by atoms with E-state index in [0.717, 1.165) is 55.7 Å². The van der Waals surface area contributed by atoms with Crippen LogP contribution in [0.25, 0.3) is 0 Å². The minimum Gasteiger partial charge on any atom is -0.462 e. The van der Waals surface area contributed by atoms with Gasteiger partial charge in [0, 0.05) is 17.5 Å². The number of hydrogen-bond donors (Lipinski definition) is 1. The highest BCUT2D eigenvalue weighted by atomic mass is 19.4. The first-order chi connectivity index (χ1) is 14.9. The molecule has 0 radical (unpaired) electrons. The number of allylic oxidation sites excluding steroid dienone is 5. The van der Waals surface area contributed by atoms with E-state index >= 15 is 0 Å². The number of anilines is 1. The Morgan fingerprint density at radius 3 is 2.87 bits per heavy atom. The number of carbonyl (C=O) groups excluding carboxylic acids is 1. The van der Waals surface area contributed by atoms with Crippen LogP contribution in [0.15, 0.2) is 41.8 Å². The van der Waals surface area contributed by atoms with Gasteiger partial charge in [0.15, 0.2) is 0 Å². The minimum atomic E-state index is -4.34.